The number of hydrogen-bond acceptors (Lipinski definition) is 5. The summed E-state index contributed by atoms with van der Waals surface area (Å²) in [5, 5.41) is 28.4. The quantitative estimate of drug-likeness (QED) is 0.549. The van der Waals surface area contributed by atoms with Crippen LogP contribution in [0.5, 0.6) is 0 Å². The maximum atomic E-state index is 13.0. The number of morpholine rings is 1. The Hall–Kier alpha value is -3.39. The molecule has 1 N–H and O–H groups in total. The fourth-order valence-electron chi connectivity index (χ4n) is 3.38. The Kier molecular flexibility index (Phi) is 4.70. The van der Waals surface area contributed by atoms with E-state index >= 15 is 0 Å². The van der Waals surface area contributed by atoms with Crippen molar-refractivity contribution in [2.45, 2.75) is 6.92 Å². The zero-order chi connectivity index (χ0) is 19.7. The highest BCUT2D eigenvalue weighted by Crippen LogP contribution is 2.20. The lowest BCUT2D eigenvalue weighted by molar-refractivity contribution is -0.635. The molecular weight excluding hydrogens is 360 g/mol. The van der Waals surface area contributed by atoms with Crippen LogP contribution in [0, 0.1) is 17.3 Å². The summed E-state index contributed by atoms with van der Waals surface area (Å²) < 4.78 is 6.53. The number of anilines is 2. The number of para-hydroxylation sites is 1. The number of hydrogen-bond donors (Lipinski definition) is 1. The monoisotopic (exact) mass is 380 g/mol. The van der Waals surface area contributed by atoms with Crippen LogP contribution in [0.2, 0.25) is 0 Å². The topological polar surface area (TPSA) is 95.5 Å². The summed E-state index contributed by atoms with van der Waals surface area (Å²) in [6.45, 7) is 4.09. The second kappa shape index (κ2) is 7.32. The maximum absolute atomic E-state index is 13.0. The second-order valence-corrected chi connectivity index (χ2v) is 6.62. The normalized spacial score (nSPS) is 14.2. The summed E-state index contributed by atoms with van der Waals surface area (Å²) in [6, 6.07) is 13.9. The number of fused-ring (bicyclic) bond motifs is 1. The van der Waals surface area contributed by atoms with Crippen LogP contribution in [0.25, 0.3) is 11.0 Å². The molecule has 28 heavy (non-hydrogen) atoms. The molecule has 0 bridgehead atoms. The van der Waals surface area contributed by atoms with E-state index < -0.39 is 5.91 Å². The first-order chi connectivity index (χ1) is 13.6. The molecule has 2 heterocycles. The molecular formula is C20H20N4O4. The molecule has 0 radical (unpaired) electrons. The van der Waals surface area contributed by atoms with Gasteiger partial charge in [-0.1, -0.05) is 18.2 Å². The average molecular weight is 380 g/mol. The highest BCUT2D eigenvalue weighted by Gasteiger charge is 2.31. The zero-order valence-electron chi connectivity index (χ0n) is 15.4. The molecule has 0 atom stereocenters. The van der Waals surface area contributed by atoms with Crippen molar-refractivity contribution in [1.82, 2.24) is 0 Å². The van der Waals surface area contributed by atoms with E-state index in [1.54, 1.807) is 36.4 Å². The lowest BCUT2D eigenvalue weighted by Crippen LogP contribution is -2.47. The third-order valence-corrected chi connectivity index (χ3v) is 4.87. The summed E-state index contributed by atoms with van der Waals surface area (Å²) in [5.74, 6) is -0.623. The van der Waals surface area contributed by atoms with Crippen molar-refractivity contribution in [3.63, 3.8) is 0 Å². The maximum Gasteiger partial charge on any atom is 0.351 e. The first-order valence-corrected chi connectivity index (χ1v) is 9.05. The minimum absolute atomic E-state index is 0.0510. The van der Waals surface area contributed by atoms with Crippen molar-refractivity contribution in [2.24, 2.45) is 0 Å². The third-order valence-electron chi connectivity index (χ3n) is 4.87. The van der Waals surface area contributed by atoms with Gasteiger partial charge in [-0.05, 0) is 18.2 Å². The van der Waals surface area contributed by atoms with Crippen molar-refractivity contribution in [1.29, 1.82) is 0 Å². The highest BCUT2D eigenvalue weighted by atomic mass is 16.5. The lowest BCUT2D eigenvalue weighted by atomic mass is 10.2. The average Bonchev–Trinajstić information content (AvgIpc) is 2.73. The Morgan fingerprint density at radius 1 is 1.04 bits per heavy atom. The number of nitrogens with one attached hydrogen (secondary N) is 1. The van der Waals surface area contributed by atoms with Crippen LogP contribution in [-0.4, -0.2) is 32.2 Å². The Morgan fingerprint density at radius 2 is 1.75 bits per heavy atom. The predicted molar refractivity (Wildman–Crippen MR) is 104 cm³/mol. The molecule has 1 saturated heterocycles. The number of aromatic nitrogens is 2. The minimum atomic E-state index is -0.623. The van der Waals surface area contributed by atoms with E-state index in [-0.39, 0.29) is 22.4 Å². The number of benzene rings is 2. The van der Waals surface area contributed by atoms with Crippen LogP contribution in [0.1, 0.15) is 16.2 Å². The summed E-state index contributed by atoms with van der Waals surface area (Å²) in [4.78, 5) is 14.8. The molecule has 144 valence electrons. The number of amides is 1. The van der Waals surface area contributed by atoms with Crippen LogP contribution in [0.3, 0.4) is 0 Å². The van der Waals surface area contributed by atoms with Gasteiger partial charge in [-0.15, -0.1) is 4.73 Å². The Balaban J connectivity index is 1.78. The smallest absolute Gasteiger partial charge is 0.351 e. The van der Waals surface area contributed by atoms with Gasteiger partial charge in [-0.3, -0.25) is 4.79 Å². The summed E-state index contributed by atoms with van der Waals surface area (Å²) >= 11 is 0. The van der Waals surface area contributed by atoms with E-state index in [9.17, 15) is 15.2 Å². The predicted octanol–water partition coefficient (Wildman–Crippen LogP) is 1.50. The zero-order valence-corrected chi connectivity index (χ0v) is 15.4. The van der Waals surface area contributed by atoms with Gasteiger partial charge in [0.15, 0.2) is 0 Å². The Labute approximate surface area is 161 Å². The van der Waals surface area contributed by atoms with Gasteiger partial charge < -0.3 is 25.4 Å². The molecule has 1 amide bonds. The molecule has 8 nitrogen and oxygen atoms in total. The highest BCUT2D eigenvalue weighted by molar-refractivity contribution is 6.02. The summed E-state index contributed by atoms with van der Waals surface area (Å²) in [6.07, 6.45) is 0. The van der Waals surface area contributed by atoms with Gasteiger partial charge in [0.1, 0.15) is 0 Å². The van der Waals surface area contributed by atoms with Gasteiger partial charge in [0.05, 0.1) is 13.2 Å². The van der Waals surface area contributed by atoms with Gasteiger partial charge in [-0.2, -0.15) is 4.73 Å². The fourth-order valence-corrected chi connectivity index (χ4v) is 3.38. The molecule has 4 rings (SSSR count). The van der Waals surface area contributed by atoms with Gasteiger partial charge in [0.2, 0.25) is 0 Å². The van der Waals surface area contributed by atoms with Crippen molar-refractivity contribution in [2.75, 3.05) is 36.5 Å². The SMILES string of the molecule is Cc1c(C(=O)Nc2ccccc2)[n+]([O-])c2cc(N3CCOCC3)ccc2[n+]1[O-]. The largest absolute Gasteiger partial charge is 0.618 e. The molecule has 2 aromatic carbocycles. The second-order valence-electron chi connectivity index (χ2n) is 6.62. The molecule has 0 unspecified atom stereocenters. The van der Waals surface area contributed by atoms with Gasteiger partial charge >= 0.3 is 11.6 Å². The molecule has 0 spiro atoms. The molecule has 1 aromatic heterocycles. The number of rotatable bonds is 3. The Bertz CT molecular complexity index is 1030. The summed E-state index contributed by atoms with van der Waals surface area (Å²) in [5.41, 5.74) is 1.58. The van der Waals surface area contributed by atoms with Gasteiger partial charge in [-0.25, -0.2) is 0 Å². The van der Waals surface area contributed by atoms with Crippen LogP contribution in [0.15, 0.2) is 48.5 Å². The molecule has 0 saturated carbocycles. The fraction of sp³-hybridized carbons (Fsp3) is 0.250. The number of carbonyl (C=O) groups is 1. The number of nitrogens with zero attached hydrogens (tertiary/aromatic N) is 3. The standard InChI is InChI=1S/C20H20N4O4/c1-14-19(20(25)21-15-5-3-2-4-6-15)24(27)18-13-16(7-8-17(18)23(14)26)22-9-11-28-12-10-22/h2-8,13H,9-12H2,1H3,(H,21,25). The van der Waals surface area contributed by atoms with Crippen molar-refractivity contribution in [3.05, 3.63) is 70.3 Å². The van der Waals surface area contributed by atoms with E-state index in [1.807, 2.05) is 12.1 Å². The van der Waals surface area contributed by atoms with E-state index in [4.69, 9.17) is 4.74 Å². The van der Waals surface area contributed by atoms with Gasteiger partial charge in [0, 0.05) is 43.5 Å². The molecule has 1 aliphatic heterocycles. The molecule has 1 aliphatic rings. The summed E-state index contributed by atoms with van der Waals surface area (Å²) in [7, 11) is 0. The lowest BCUT2D eigenvalue weighted by Gasteiger charge is -2.28. The first-order valence-electron chi connectivity index (χ1n) is 9.05. The van der Waals surface area contributed by atoms with E-state index in [1.165, 1.54) is 6.92 Å². The van der Waals surface area contributed by atoms with E-state index in [2.05, 4.69) is 10.2 Å². The van der Waals surface area contributed by atoms with Crippen molar-refractivity contribution >= 4 is 28.3 Å². The molecule has 0 aliphatic carbocycles. The molecule has 8 heteroatoms. The number of ether oxygens (including phenoxy) is 1. The molecule has 1 fully saturated rings. The minimum Gasteiger partial charge on any atom is -0.618 e. The van der Waals surface area contributed by atoms with E-state index in [0.717, 1.165) is 5.69 Å². The van der Waals surface area contributed by atoms with Crippen LogP contribution >= 0.6 is 0 Å². The first kappa shape index (κ1) is 18.0. The van der Waals surface area contributed by atoms with E-state index in [0.29, 0.717) is 41.5 Å². The molecule has 3 aromatic rings. The van der Waals surface area contributed by atoms with Crippen molar-refractivity contribution in [3.8, 4) is 0 Å². The van der Waals surface area contributed by atoms with Crippen LogP contribution in [0.4, 0.5) is 11.4 Å². The van der Waals surface area contributed by atoms with Crippen LogP contribution < -0.4 is 19.7 Å². The third kappa shape index (κ3) is 3.18. The van der Waals surface area contributed by atoms with Gasteiger partial charge in [0.25, 0.3) is 16.7 Å². The van der Waals surface area contributed by atoms with Crippen LogP contribution in [-0.2, 0) is 4.74 Å². The Morgan fingerprint density at radius 3 is 2.46 bits per heavy atom. The number of carbonyl (C=O) groups excluding carboxylic acids is 1. The van der Waals surface area contributed by atoms with Crippen molar-refractivity contribution < 1.29 is 19.0 Å².